The zero-order chi connectivity index (χ0) is 18.7. The van der Waals surface area contributed by atoms with Gasteiger partial charge in [0.1, 0.15) is 18.1 Å². The van der Waals surface area contributed by atoms with E-state index >= 15 is 0 Å². The van der Waals surface area contributed by atoms with Gasteiger partial charge in [-0.1, -0.05) is 17.7 Å². The van der Waals surface area contributed by atoms with Gasteiger partial charge in [-0.15, -0.1) is 0 Å². The first kappa shape index (κ1) is 18.5. The lowest BCUT2D eigenvalue weighted by molar-refractivity contribution is 0.0600. The maximum Gasteiger partial charge on any atom is 0.337 e. The second-order valence-electron chi connectivity index (χ2n) is 5.44. The van der Waals surface area contributed by atoms with Gasteiger partial charge < -0.3 is 14.2 Å². The van der Waals surface area contributed by atoms with Crippen LogP contribution in [0.1, 0.15) is 15.9 Å². The van der Waals surface area contributed by atoms with Crippen molar-refractivity contribution in [3.63, 3.8) is 0 Å². The number of carbonyl (C=O) groups is 1. The fourth-order valence-electron chi connectivity index (χ4n) is 2.42. The first-order chi connectivity index (χ1) is 12.4. The minimum absolute atomic E-state index is 0.0497. The van der Waals surface area contributed by atoms with Crippen LogP contribution in [0.2, 0.25) is 5.02 Å². The van der Waals surface area contributed by atoms with E-state index < -0.39 is 16.0 Å². The first-order valence-corrected chi connectivity index (χ1v) is 9.53. The number of ether oxygens (including phenoxy) is 3. The number of fused-ring (bicyclic) bond motifs is 1. The molecule has 0 amide bonds. The molecule has 1 aliphatic rings. The number of hydrogen-bond acceptors (Lipinski definition) is 6. The van der Waals surface area contributed by atoms with Crippen molar-refractivity contribution in [1.82, 2.24) is 4.72 Å². The van der Waals surface area contributed by atoms with Crippen molar-refractivity contribution in [3.8, 4) is 11.5 Å². The highest BCUT2D eigenvalue weighted by molar-refractivity contribution is 7.89. The lowest BCUT2D eigenvalue weighted by atomic mass is 10.2. The molecule has 0 aromatic heterocycles. The number of sulfonamides is 1. The second-order valence-corrected chi connectivity index (χ2v) is 7.58. The van der Waals surface area contributed by atoms with Crippen molar-refractivity contribution in [2.75, 3.05) is 20.3 Å². The van der Waals surface area contributed by atoms with E-state index in [1.54, 1.807) is 18.2 Å². The van der Waals surface area contributed by atoms with E-state index in [1.165, 1.54) is 25.3 Å². The van der Waals surface area contributed by atoms with Crippen LogP contribution >= 0.6 is 11.6 Å². The van der Waals surface area contributed by atoms with Gasteiger partial charge in [-0.05, 0) is 35.9 Å². The summed E-state index contributed by atoms with van der Waals surface area (Å²) in [5.74, 6) is 0.609. The molecular weight excluding hydrogens is 382 g/mol. The van der Waals surface area contributed by atoms with Crippen LogP contribution in [-0.2, 0) is 21.3 Å². The van der Waals surface area contributed by atoms with Crippen molar-refractivity contribution in [2.24, 2.45) is 0 Å². The second kappa shape index (κ2) is 7.53. The maximum atomic E-state index is 12.5. The molecule has 2 aromatic rings. The molecule has 1 N–H and O–H groups in total. The third kappa shape index (κ3) is 3.92. The maximum absolute atomic E-state index is 12.5. The molecule has 26 heavy (non-hydrogen) atoms. The van der Waals surface area contributed by atoms with Gasteiger partial charge in [-0.25, -0.2) is 17.9 Å². The van der Waals surface area contributed by atoms with Gasteiger partial charge >= 0.3 is 5.97 Å². The Morgan fingerprint density at radius 2 is 1.88 bits per heavy atom. The molecule has 7 nitrogen and oxygen atoms in total. The van der Waals surface area contributed by atoms with E-state index in [2.05, 4.69) is 9.46 Å². The average Bonchev–Trinajstić information content (AvgIpc) is 2.65. The predicted octanol–water partition coefficient (Wildman–Crippen LogP) is 2.38. The Labute approximate surface area is 155 Å². The number of esters is 1. The summed E-state index contributed by atoms with van der Waals surface area (Å²) in [4.78, 5) is 11.4. The Morgan fingerprint density at radius 1 is 1.15 bits per heavy atom. The number of carbonyl (C=O) groups excluding carboxylic acids is 1. The fourth-order valence-corrected chi connectivity index (χ4v) is 3.98. The minimum atomic E-state index is -3.87. The summed E-state index contributed by atoms with van der Waals surface area (Å²) in [5.41, 5.74) is 0.878. The monoisotopic (exact) mass is 397 g/mol. The number of rotatable bonds is 5. The normalized spacial score (nSPS) is 13.3. The average molecular weight is 398 g/mol. The van der Waals surface area contributed by atoms with Gasteiger partial charge in [0.25, 0.3) is 0 Å². The van der Waals surface area contributed by atoms with Gasteiger partial charge in [-0.2, -0.15) is 0 Å². The molecule has 0 radical (unpaired) electrons. The summed E-state index contributed by atoms with van der Waals surface area (Å²) in [6.45, 7) is 0.984. The van der Waals surface area contributed by atoms with Crippen molar-refractivity contribution in [3.05, 3.63) is 52.5 Å². The van der Waals surface area contributed by atoms with Crippen molar-refractivity contribution in [1.29, 1.82) is 0 Å². The van der Waals surface area contributed by atoms with Crippen LogP contribution in [0.15, 0.2) is 41.3 Å². The summed E-state index contributed by atoms with van der Waals surface area (Å²) < 4.78 is 43.0. The fraction of sp³-hybridized carbons (Fsp3) is 0.235. The van der Waals surface area contributed by atoms with Crippen LogP contribution in [0.4, 0.5) is 0 Å². The molecule has 0 saturated heterocycles. The molecule has 0 fully saturated rings. The quantitative estimate of drug-likeness (QED) is 0.779. The molecule has 0 aliphatic carbocycles. The van der Waals surface area contributed by atoms with Crippen LogP contribution < -0.4 is 14.2 Å². The molecule has 138 valence electrons. The predicted molar refractivity (Wildman–Crippen MR) is 94.2 cm³/mol. The van der Waals surface area contributed by atoms with E-state index in [-0.39, 0.29) is 22.0 Å². The van der Waals surface area contributed by atoms with Gasteiger partial charge in [0.05, 0.1) is 17.7 Å². The van der Waals surface area contributed by atoms with Gasteiger partial charge in [-0.3, -0.25) is 0 Å². The summed E-state index contributed by atoms with van der Waals surface area (Å²) in [6, 6.07) is 9.07. The Hall–Kier alpha value is -2.29. The summed E-state index contributed by atoms with van der Waals surface area (Å²) in [5, 5.41) is -0.0671. The highest BCUT2D eigenvalue weighted by atomic mass is 35.5. The third-order valence-electron chi connectivity index (χ3n) is 3.72. The first-order valence-electron chi connectivity index (χ1n) is 7.67. The molecule has 9 heteroatoms. The zero-order valence-electron chi connectivity index (χ0n) is 13.8. The summed E-state index contributed by atoms with van der Waals surface area (Å²) in [7, 11) is -2.63. The van der Waals surface area contributed by atoms with E-state index in [0.717, 1.165) is 0 Å². The topological polar surface area (TPSA) is 90.9 Å². The van der Waals surface area contributed by atoms with E-state index in [1.807, 2.05) is 0 Å². The van der Waals surface area contributed by atoms with Crippen LogP contribution in [0.3, 0.4) is 0 Å². The van der Waals surface area contributed by atoms with Gasteiger partial charge in [0.15, 0.2) is 11.5 Å². The smallest absolute Gasteiger partial charge is 0.337 e. The van der Waals surface area contributed by atoms with Crippen molar-refractivity contribution < 1.29 is 27.4 Å². The standard InChI is InChI=1S/C17H16ClNO6S/c1-23-17(20)12-3-5-16(13(18)9-12)26(21,22)19-10-11-2-4-14-15(8-11)25-7-6-24-14/h2-5,8-9,19H,6-7,10H2,1H3. The Morgan fingerprint density at radius 3 is 2.58 bits per heavy atom. The highest BCUT2D eigenvalue weighted by Gasteiger charge is 2.20. The molecule has 0 saturated carbocycles. The van der Waals surface area contributed by atoms with Crippen LogP contribution in [-0.4, -0.2) is 34.7 Å². The lowest BCUT2D eigenvalue weighted by Crippen LogP contribution is -2.24. The highest BCUT2D eigenvalue weighted by Crippen LogP contribution is 2.31. The Balaban J connectivity index is 1.76. The van der Waals surface area contributed by atoms with Crippen LogP contribution in [0.25, 0.3) is 0 Å². The SMILES string of the molecule is COC(=O)c1ccc(S(=O)(=O)NCc2ccc3c(c2)OCCO3)c(Cl)c1. The molecule has 3 rings (SSSR count). The van der Waals surface area contributed by atoms with Crippen LogP contribution in [0, 0.1) is 0 Å². The molecule has 0 unspecified atom stereocenters. The molecule has 1 heterocycles. The van der Waals surface area contributed by atoms with E-state index in [0.29, 0.717) is 30.3 Å². The largest absolute Gasteiger partial charge is 0.486 e. The van der Waals surface area contributed by atoms with E-state index in [9.17, 15) is 13.2 Å². The number of benzene rings is 2. The summed E-state index contributed by atoms with van der Waals surface area (Å²) in [6.07, 6.45) is 0. The molecule has 1 aliphatic heterocycles. The molecule has 0 atom stereocenters. The van der Waals surface area contributed by atoms with Crippen molar-refractivity contribution >= 4 is 27.6 Å². The van der Waals surface area contributed by atoms with Crippen molar-refractivity contribution in [2.45, 2.75) is 11.4 Å². The Kier molecular flexibility index (Phi) is 5.36. The van der Waals surface area contributed by atoms with E-state index in [4.69, 9.17) is 21.1 Å². The number of nitrogens with one attached hydrogen (secondary N) is 1. The number of methoxy groups -OCH3 is 1. The summed E-state index contributed by atoms with van der Waals surface area (Å²) >= 11 is 6.03. The molecule has 2 aromatic carbocycles. The zero-order valence-corrected chi connectivity index (χ0v) is 15.4. The lowest BCUT2D eigenvalue weighted by Gasteiger charge is -2.19. The minimum Gasteiger partial charge on any atom is -0.486 e. The third-order valence-corrected chi connectivity index (χ3v) is 5.60. The molecule has 0 spiro atoms. The molecule has 0 bridgehead atoms. The Bertz CT molecular complexity index is 944. The number of halogens is 1. The number of hydrogen-bond donors (Lipinski definition) is 1. The van der Waals surface area contributed by atoms with Gasteiger partial charge in [0.2, 0.25) is 10.0 Å². The molecular formula is C17H16ClNO6S. The van der Waals surface area contributed by atoms with Crippen LogP contribution in [0.5, 0.6) is 11.5 Å². The van der Waals surface area contributed by atoms with Gasteiger partial charge in [0, 0.05) is 6.54 Å².